The van der Waals surface area contributed by atoms with Crippen molar-refractivity contribution in [3.8, 4) is 0 Å². The lowest BCUT2D eigenvalue weighted by molar-refractivity contribution is 0.622. The second-order valence-electron chi connectivity index (χ2n) is 1.38. The van der Waals surface area contributed by atoms with Crippen molar-refractivity contribution in [2.24, 2.45) is 0 Å². The first kappa shape index (κ1) is 5.63. The van der Waals surface area contributed by atoms with Crippen molar-refractivity contribution in [1.82, 2.24) is 0 Å². The van der Waals surface area contributed by atoms with Crippen LogP contribution < -0.4 is 0 Å². The van der Waals surface area contributed by atoms with E-state index in [1.807, 2.05) is 0 Å². The van der Waals surface area contributed by atoms with Gasteiger partial charge in [0.25, 0.3) is 0 Å². The van der Waals surface area contributed by atoms with Gasteiger partial charge in [-0.15, -0.1) is 12.6 Å². The first-order valence-electron chi connectivity index (χ1n) is 2.16. The summed E-state index contributed by atoms with van der Waals surface area (Å²) in [6, 6.07) is 6.96. The summed E-state index contributed by atoms with van der Waals surface area (Å²) >= 11 is 3.86. The van der Waals surface area contributed by atoms with Gasteiger partial charge < -0.3 is 0 Å². The highest BCUT2D eigenvalue weighted by Crippen LogP contribution is 2.04. The van der Waals surface area contributed by atoms with Crippen LogP contribution in [0.5, 0.6) is 0 Å². The van der Waals surface area contributed by atoms with Crippen LogP contribution >= 0.6 is 12.6 Å². The summed E-state index contributed by atoms with van der Waals surface area (Å²) in [5.41, 5.74) is 0. The minimum atomic E-state index is -0.363. The summed E-state index contributed by atoms with van der Waals surface area (Å²) in [4.78, 5) is 0.532. The molecule has 0 aliphatic carbocycles. The molecule has 8 heavy (non-hydrogen) atoms. The summed E-state index contributed by atoms with van der Waals surface area (Å²) in [7, 11) is 0. The van der Waals surface area contributed by atoms with Gasteiger partial charge in [0.05, 0.1) is 0 Å². The fourth-order valence-corrected chi connectivity index (χ4v) is 0.622. The van der Waals surface area contributed by atoms with Gasteiger partial charge in [0, 0.05) is 11.0 Å². The standard InChI is InChI=1S/C6H4FS/c7-5-2-1-3-6(8)4-5/h1-3,8H. The highest BCUT2D eigenvalue weighted by molar-refractivity contribution is 7.80. The third-order valence-corrected chi connectivity index (χ3v) is 1.01. The summed E-state index contributed by atoms with van der Waals surface area (Å²) < 4.78 is 12.1. The lowest BCUT2D eigenvalue weighted by Crippen LogP contribution is -1.70. The van der Waals surface area contributed by atoms with Crippen LogP contribution in [-0.2, 0) is 0 Å². The van der Waals surface area contributed by atoms with Crippen LogP contribution in [0.15, 0.2) is 23.1 Å². The zero-order valence-corrected chi connectivity index (χ0v) is 4.95. The zero-order chi connectivity index (χ0) is 5.98. The first-order valence-corrected chi connectivity index (χ1v) is 2.60. The topological polar surface area (TPSA) is 0 Å². The number of thiol groups is 1. The molecule has 0 aliphatic rings. The molecule has 0 bridgehead atoms. The molecular weight excluding hydrogens is 123 g/mol. The Bertz CT molecular complexity index is 168. The van der Waals surface area contributed by atoms with Crippen molar-refractivity contribution in [1.29, 1.82) is 0 Å². The van der Waals surface area contributed by atoms with E-state index in [4.69, 9.17) is 0 Å². The van der Waals surface area contributed by atoms with E-state index in [0.717, 1.165) is 0 Å². The van der Waals surface area contributed by atoms with Crippen LogP contribution in [0.1, 0.15) is 0 Å². The Hall–Kier alpha value is -0.500. The molecule has 0 aliphatic heterocycles. The molecule has 1 radical (unpaired) electrons. The highest BCUT2D eigenvalue weighted by atomic mass is 32.1. The van der Waals surface area contributed by atoms with Gasteiger partial charge in [-0.05, 0) is 12.1 Å². The van der Waals surface area contributed by atoms with Crippen molar-refractivity contribution in [2.45, 2.75) is 4.90 Å². The average molecular weight is 127 g/mol. The van der Waals surface area contributed by atoms with Crippen molar-refractivity contribution in [3.05, 3.63) is 30.1 Å². The van der Waals surface area contributed by atoms with Gasteiger partial charge in [-0.25, -0.2) is 4.39 Å². The molecule has 0 unspecified atom stereocenters. The SMILES string of the molecule is Fc1[c]c(S)ccc1. The Morgan fingerprint density at radius 3 is 2.62 bits per heavy atom. The number of rotatable bonds is 0. The van der Waals surface area contributed by atoms with E-state index in [1.54, 1.807) is 12.1 Å². The van der Waals surface area contributed by atoms with E-state index in [0.29, 0.717) is 4.90 Å². The zero-order valence-electron chi connectivity index (χ0n) is 4.06. The first-order chi connectivity index (χ1) is 3.79. The van der Waals surface area contributed by atoms with Crippen molar-refractivity contribution < 1.29 is 4.39 Å². The molecule has 0 saturated heterocycles. The maximum atomic E-state index is 12.1. The Labute approximate surface area is 52.8 Å². The molecule has 1 rings (SSSR count). The van der Waals surface area contributed by atoms with Crippen LogP contribution in [0.25, 0.3) is 0 Å². The van der Waals surface area contributed by atoms with Gasteiger partial charge in [0.1, 0.15) is 5.82 Å². The molecule has 0 nitrogen and oxygen atoms in total. The monoisotopic (exact) mass is 127 g/mol. The second-order valence-corrected chi connectivity index (χ2v) is 1.87. The predicted octanol–water partition coefficient (Wildman–Crippen LogP) is 1.91. The third-order valence-electron chi connectivity index (χ3n) is 0.744. The summed E-state index contributed by atoms with van der Waals surface area (Å²) in [5, 5.41) is 0. The van der Waals surface area contributed by atoms with Crippen molar-refractivity contribution in [2.75, 3.05) is 0 Å². The molecule has 0 aromatic heterocycles. The lowest BCUT2D eigenvalue weighted by atomic mass is 10.4. The van der Waals surface area contributed by atoms with E-state index < -0.39 is 0 Å². The third kappa shape index (κ3) is 1.23. The van der Waals surface area contributed by atoms with E-state index >= 15 is 0 Å². The molecule has 2 heteroatoms. The molecule has 0 N–H and O–H groups in total. The average Bonchev–Trinajstić information content (AvgIpc) is 1.64. The largest absolute Gasteiger partial charge is 0.206 e. The second kappa shape index (κ2) is 2.18. The van der Waals surface area contributed by atoms with Crippen molar-refractivity contribution in [3.63, 3.8) is 0 Å². The van der Waals surface area contributed by atoms with E-state index in [1.165, 1.54) is 6.07 Å². The maximum Gasteiger partial charge on any atom is 0.132 e. The van der Waals surface area contributed by atoms with Gasteiger partial charge in [0.15, 0.2) is 0 Å². The number of hydrogen-bond acceptors (Lipinski definition) is 1. The van der Waals surface area contributed by atoms with Gasteiger partial charge >= 0.3 is 0 Å². The van der Waals surface area contributed by atoms with Crippen LogP contribution in [0.2, 0.25) is 0 Å². The molecule has 41 valence electrons. The Balaban J connectivity index is 3.08. The molecule has 0 saturated carbocycles. The predicted molar refractivity (Wildman–Crippen MR) is 32.5 cm³/mol. The van der Waals surface area contributed by atoms with Crippen LogP contribution in [0.3, 0.4) is 0 Å². The minimum Gasteiger partial charge on any atom is -0.206 e. The Kier molecular flexibility index (Phi) is 1.53. The molecule has 0 spiro atoms. The van der Waals surface area contributed by atoms with Gasteiger partial charge in [-0.1, -0.05) is 6.07 Å². The Morgan fingerprint density at radius 1 is 1.50 bits per heavy atom. The molecule has 0 atom stereocenters. The molecule has 1 aromatic rings. The quantitative estimate of drug-likeness (QED) is 0.506. The van der Waals surface area contributed by atoms with E-state index in [2.05, 4.69) is 18.7 Å². The van der Waals surface area contributed by atoms with Crippen LogP contribution in [0, 0.1) is 11.9 Å². The molecule has 1 aromatic carbocycles. The number of benzene rings is 1. The lowest BCUT2D eigenvalue weighted by Gasteiger charge is -1.85. The Morgan fingerprint density at radius 2 is 2.25 bits per heavy atom. The summed E-state index contributed by atoms with van der Waals surface area (Å²) in [6.45, 7) is 0. The van der Waals surface area contributed by atoms with Crippen molar-refractivity contribution >= 4 is 12.6 Å². The fraction of sp³-hybridized carbons (Fsp3) is 0. The van der Waals surface area contributed by atoms with E-state index in [9.17, 15) is 4.39 Å². The number of halogens is 1. The minimum absolute atomic E-state index is 0.363. The van der Waals surface area contributed by atoms with Crippen LogP contribution in [-0.4, -0.2) is 0 Å². The van der Waals surface area contributed by atoms with Gasteiger partial charge in [-0.3, -0.25) is 0 Å². The van der Waals surface area contributed by atoms with Gasteiger partial charge in [-0.2, -0.15) is 0 Å². The maximum absolute atomic E-state index is 12.1. The van der Waals surface area contributed by atoms with Gasteiger partial charge in [0.2, 0.25) is 0 Å². The smallest absolute Gasteiger partial charge is 0.132 e. The van der Waals surface area contributed by atoms with E-state index in [-0.39, 0.29) is 5.82 Å². The highest BCUT2D eigenvalue weighted by Gasteiger charge is 1.86. The fourth-order valence-electron chi connectivity index (χ4n) is 0.429. The summed E-state index contributed by atoms with van der Waals surface area (Å²) in [5.74, 6) is -0.363. The number of hydrogen-bond donors (Lipinski definition) is 1. The normalized spacial score (nSPS) is 9.25. The molecular formula is C6H4FS. The summed E-state index contributed by atoms with van der Waals surface area (Å²) in [6.07, 6.45) is 0. The molecule has 0 amide bonds. The molecule has 0 fully saturated rings. The van der Waals surface area contributed by atoms with Crippen LogP contribution in [0.4, 0.5) is 4.39 Å². The molecule has 0 heterocycles.